The smallest absolute Gasteiger partial charge is 0.174 e. The van der Waals surface area contributed by atoms with Crippen LogP contribution in [0.2, 0.25) is 0 Å². The van der Waals surface area contributed by atoms with Crippen molar-refractivity contribution in [2.24, 2.45) is 0 Å². The zero-order valence-electron chi connectivity index (χ0n) is 14.5. The van der Waals surface area contributed by atoms with Gasteiger partial charge in [0.05, 0.1) is 18.3 Å². The molecule has 1 aromatic heterocycles. The maximum atomic E-state index is 5.66. The first kappa shape index (κ1) is 18.4. The van der Waals surface area contributed by atoms with Crippen LogP contribution in [0.3, 0.4) is 0 Å². The number of nitrogens with one attached hydrogen (secondary N) is 1. The lowest BCUT2D eigenvalue weighted by atomic mass is 10.1. The van der Waals surface area contributed by atoms with E-state index in [2.05, 4.69) is 41.2 Å². The molecule has 1 atom stereocenters. The van der Waals surface area contributed by atoms with Crippen LogP contribution in [-0.2, 0) is 11.2 Å². The Bertz CT molecular complexity index is 648. The normalized spacial score (nSPS) is 11.8. The minimum atomic E-state index is 0.0655. The van der Waals surface area contributed by atoms with Crippen molar-refractivity contribution >= 4 is 23.0 Å². The lowest BCUT2D eigenvalue weighted by molar-refractivity contribution is 0.164. The third-order valence-corrected chi connectivity index (χ3v) is 4.30. The molecule has 0 unspecified atom stereocenters. The van der Waals surface area contributed by atoms with E-state index < -0.39 is 0 Å². The van der Waals surface area contributed by atoms with Gasteiger partial charge in [-0.05, 0) is 55.4 Å². The molecule has 24 heavy (non-hydrogen) atoms. The molecule has 1 heterocycles. The van der Waals surface area contributed by atoms with Crippen LogP contribution in [0.15, 0.2) is 48.7 Å². The number of thiocarbonyl (C=S) groups is 1. The van der Waals surface area contributed by atoms with Gasteiger partial charge in [0.1, 0.15) is 0 Å². The molecule has 128 valence electrons. The third-order valence-electron chi connectivity index (χ3n) is 3.97. The molecule has 0 bridgehead atoms. The Morgan fingerprint density at radius 1 is 1.29 bits per heavy atom. The molecule has 0 amide bonds. The molecular formula is C19H25N3OS. The first-order chi connectivity index (χ1) is 11.7. The van der Waals surface area contributed by atoms with Crippen LogP contribution in [0.5, 0.6) is 0 Å². The van der Waals surface area contributed by atoms with E-state index in [1.54, 1.807) is 7.11 Å². The molecule has 4 nitrogen and oxygen atoms in total. The van der Waals surface area contributed by atoms with Crippen molar-refractivity contribution in [3.8, 4) is 0 Å². The number of benzene rings is 1. The van der Waals surface area contributed by atoms with Gasteiger partial charge in [0.2, 0.25) is 0 Å². The van der Waals surface area contributed by atoms with Gasteiger partial charge in [-0.1, -0.05) is 25.1 Å². The molecular weight excluding hydrogens is 318 g/mol. The van der Waals surface area contributed by atoms with E-state index in [4.69, 9.17) is 17.0 Å². The van der Waals surface area contributed by atoms with Crippen molar-refractivity contribution in [3.63, 3.8) is 0 Å². The monoisotopic (exact) mass is 343 g/mol. The van der Waals surface area contributed by atoms with Crippen molar-refractivity contribution in [2.75, 3.05) is 25.6 Å². The maximum Gasteiger partial charge on any atom is 0.174 e. The predicted molar refractivity (Wildman–Crippen MR) is 103 cm³/mol. The molecule has 0 saturated heterocycles. The van der Waals surface area contributed by atoms with Gasteiger partial charge >= 0.3 is 0 Å². The molecule has 0 fully saturated rings. The highest BCUT2D eigenvalue weighted by Crippen LogP contribution is 2.20. The fraction of sp³-hybridized carbons (Fsp3) is 0.368. The zero-order chi connectivity index (χ0) is 17.4. The summed E-state index contributed by atoms with van der Waals surface area (Å²) in [6, 6.07) is 14.3. The summed E-state index contributed by atoms with van der Waals surface area (Å²) in [7, 11) is 1.70. The number of methoxy groups -OCH3 is 1. The SMILES string of the molecule is CCc1cccc(NC(=S)N(CCOC)[C@H](C)c2ccccn2)c1. The van der Waals surface area contributed by atoms with E-state index in [0.29, 0.717) is 18.3 Å². The van der Waals surface area contributed by atoms with Gasteiger partial charge in [-0.2, -0.15) is 0 Å². The Morgan fingerprint density at radius 2 is 2.12 bits per heavy atom. The van der Waals surface area contributed by atoms with Crippen LogP contribution in [0.1, 0.15) is 31.1 Å². The molecule has 0 aliphatic rings. The summed E-state index contributed by atoms with van der Waals surface area (Å²) in [6.45, 7) is 5.56. The van der Waals surface area contributed by atoms with Crippen LogP contribution in [0, 0.1) is 0 Å². The Hall–Kier alpha value is -1.98. The van der Waals surface area contributed by atoms with E-state index in [1.807, 2.05) is 36.5 Å². The van der Waals surface area contributed by atoms with Gasteiger partial charge in [0.15, 0.2) is 5.11 Å². The fourth-order valence-electron chi connectivity index (χ4n) is 2.51. The Morgan fingerprint density at radius 3 is 2.79 bits per heavy atom. The van der Waals surface area contributed by atoms with Crippen LogP contribution in [0.25, 0.3) is 0 Å². The van der Waals surface area contributed by atoms with E-state index >= 15 is 0 Å². The number of rotatable bonds is 7. The number of anilines is 1. The van der Waals surface area contributed by atoms with Crippen LogP contribution in [0.4, 0.5) is 5.69 Å². The highest BCUT2D eigenvalue weighted by atomic mass is 32.1. The molecule has 0 radical (unpaired) electrons. The maximum absolute atomic E-state index is 5.66. The summed E-state index contributed by atoms with van der Waals surface area (Å²) >= 11 is 5.66. The number of pyridine rings is 1. The van der Waals surface area contributed by atoms with Crippen molar-refractivity contribution in [1.29, 1.82) is 0 Å². The van der Waals surface area contributed by atoms with E-state index in [0.717, 1.165) is 17.8 Å². The molecule has 0 spiro atoms. The summed E-state index contributed by atoms with van der Waals surface area (Å²) in [5.41, 5.74) is 3.28. The van der Waals surface area contributed by atoms with Gasteiger partial charge in [0.25, 0.3) is 0 Å². The summed E-state index contributed by atoms with van der Waals surface area (Å²) in [5.74, 6) is 0. The summed E-state index contributed by atoms with van der Waals surface area (Å²) < 4.78 is 5.25. The van der Waals surface area contributed by atoms with Gasteiger partial charge in [-0.3, -0.25) is 4.98 Å². The van der Waals surface area contributed by atoms with Crippen LogP contribution >= 0.6 is 12.2 Å². The Labute approximate surface area is 149 Å². The molecule has 1 N–H and O–H groups in total. The zero-order valence-corrected chi connectivity index (χ0v) is 15.3. The standard InChI is InChI=1S/C19H25N3OS/c1-4-16-8-7-9-17(14-16)21-19(24)22(12-13-23-3)15(2)18-10-5-6-11-20-18/h5-11,14-15H,4,12-13H2,1-3H3,(H,21,24)/t15-/m1/s1. The lowest BCUT2D eigenvalue weighted by Crippen LogP contribution is -2.39. The Kier molecular flexibility index (Phi) is 7.15. The van der Waals surface area contributed by atoms with Gasteiger partial charge in [-0.15, -0.1) is 0 Å². The second-order valence-electron chi connectivity index (χ2n) is 5.60. The molecule has 2 rings (SSSR count). The number of hydrogen-bond acceptors (Lipinski definition) is 3. The average Bonchev–Trinajstić information content (AvgIpc) is 2.62. The largest absolute Gasteiger partial charge is 0.383 e. The quantitative estimate of drug-likeness (QED) is 0.768. The third kappa shape index (κ3) is 5.01. The van der Waals surface area contributed by atoms with E-state index in [-0.39, 0.29) is 6.04 Å². The molecule has 0 aliphatic carbocycles. The summed E-state index contributed by atoms with van der Waals surface area (Å²) in [6.07, 6.45) is 2.81. The second-order valence-corrected chi connectivity index (χ2v) is 5.99. The van der Waals surface area contributed by atoms with E-state index in [1.165, 1.54) is 5.56 Å². The van der Waals surface area contributed by atoms with Crippen LogP contribution < -0.4 is 5.32 Å². The van der Waals surface area contributed by atoms with Crippen LogP contribution in [-0.4, -0.2) is 35.3 Å². The highest BCUT2D eigenvalue weighted by molar-refractivity contribution is 7.80. The number of aromatic nitrogens is 1. The molecule has 0 saturated carbocycles. The number of aryl methyl sites for hydroxylation is 1. The first-order valence-electron chi connectivity index (χ1n) is 8.22. The number of hydrogen-bond donors (Lipinski definition) is 1. The first-order valence-corrected chi connectivity index (χ1v) is 8.63. The topological polar surface area (TPSA) is 37.4 Å². The van der Waals surface area contributed by atoms with Gasteiger partial charge < -0.3 is 15.0 Å². The molecule has 0 aliphatic heterocycles. The van der Waals surface area contributed by atoms with Crippen molar-refractivity contribution in [3.05, 3.63) is 59.9 Å². The minimum Gasteiger partial charge on any atom is -0.383 e. The fourth-order valence-corrected chi connectivity index (χ4v) is 2.88. The number of ether oxygens (including phenoxy) is 1. The Balaban J connectivity index is 2.15. The molecule has 2 aromatic rings. The highest BCUT2D eigenvalue weighted by Gasteiger charge is 2.19. The molecule has 5 heteroatoms. The molecule has 1 aromatic carbocycles. The summed E-state index contributed by atoms with van der Waals surface area (Å²) in [4.78, 5) is 6.57. The predicted octanol–water partition coefficient (Wildman–Crippen LogP) is 4.05. The van der Waals surface area contributed by atoms with Crippen molar-refractivity contribution in [1.82, 2.24) is 9.88 Å². The van der Waals surface area contributed by atoms with Crippen molar-refractivity contribution < 1.29 is 4.74 Å². The lowest BCUT2D eigenvalue weighted by Gasteiger charge is -2.31. The van der Waals surface area contributed by atoms with Gasteiger partial charge in [0, 0.05) is 25.5 Å². The summed E-state index contributed by atoms with van der Waals surface area (Å²) in [5, 5.41) is 4.03. The van der Waals surface area contributed by atoms with Gasteiger partial charge in [-0.25, -0.2) is 0 Å². The average molecular weight is 343 g/mol. The second kappa shape index (κ2) is 9.35. The number of nitrogens with zero attached hydrogens (tertiary/aromatic N) is 2. The van der Waals surface area contributed by atoms with Crippen molar-refractivity contribution in [2.45, 2.75) is 26.3 Å². The minimum absolute atomic E-state index is 0.0655. The van der Waals surface area contributed by atoms with E-state index in [9.17, 15) is 0 Å².